The summed E-state index contributed by atoms with van der Waals surface area (Å²) in [5.74, 6) is 0. The lowest BCUT2D eigenvalue weighted by atomic mass is 10.2. The van der Waals surface area contributed by atoms with Crippen LogP contribution >= 0.6 is 0 Å². The molecule has 0 bridgehead atoms. The van der Waals surface area contributed by atoms with Crippen LogP contribution in [0.3, 0.4) is 0 Å². The standard InChI is InChI=1S/C7H10FN3/c8-6(1-2-9)7-5-10-3-4-11-7/h3-6H,1-2,9H2. The molecule has 1 aromatic rings. The smallest absolute Gasteiger partial charge is 0.145 e. The van der Waals surface area contributed by atoms with Gasteiger partial charge in [0.05, 0.1) is 11.9 Å². The fourth-order valence-corrected chi connectivity index (χ4v) is 0.767. The van der Waals surface area contributed by atoms with E-state index in [4.69, 9.17) is 5.73 Å². The number of alkyl halides is 1. The first-order chi connectivity index (χ1) is 5.34. The normalized spacial score (nSPS) is 12.9. The van der Waals surface area contributed by atoms with Gasteiger partial charge < -0.3 is 5.73 Å². The van der Waals surface area contributed by atoms with Gasteiger partial charge in [-0.25, -0.2) is 4.39 Å². The highest BCUT2D eigenvalue weighted by atomic mass is 19.1. The van der Waals surface area contributed by atoms with Crippen molar-refractivity contribution in [3.63, 3.8) is 0 Å². The summed E-state index contributed by atoms with van der Waals surface area (Å²) in [5, 5.41) is 0. The first kappa shape index (κ1) is 8.07. The van der Waals surface area contributed by atoms with E-state index in [2.05, 4.69) is 9.97 Å². The third-order valence-corrected chi connectivity index (χ3v) is 1.32. The summed E-state index contributed by atoms with van der Waals surface area (Å²) < 4.78 is 13.0. The van der Waals surface area contributed by atoms with E-state index in [-0.39, 0.29) is 0 Å². The van der Waals surface area contributed by atoms with Gasteiger partial charge in [-0.3, -0.25) is 9.97 Å². The Labute approximate surface area is 64.5 Å². The highest BCUT2D eigenvalue weighted by Gasteiger charge is 2.08. The predicted molar refractivity (Wildman–Crippen MR) is 39.6 cm³/mol. The second kappa shape index (κ2) is 3.98. The number of hydrogen-bond acceptors (Lipinski definition) is 3. The maximum atomic E-state index is 13.0. The lowest BCUT2D eigenvalue weighted by Gasteiger charge is -2.03. The SMILES string of the molecule is NCCC(F)c1cnccn1. The molecule has 1 aromatic heterocycles. The van der Waals surface area contributed by atoms with Crippen LogP contribution in [-0.2, 0) is 0 Å². The molecule has 1 heterocycles. The first-order valence-electron chi connectivity index (χ1n) is 3.44. The molecule has 0 radical (unpaired) electrons. The van der Waals surface area contributed by atoms with E-state index in [9.17, 15) is 4.39 Å². The molecule has 4 heteroatoms. The average molecular weight is 155 g/mol. The van der Waals surface area contributed by atoms with E-state index in [0.717, 1.165) is 0 Å². The number of rotatable bonds is 3. The summed E-state index contributed by atoms with van der Waals surface area (Å²) in [7, 11) is 0. The molecule has 0 spiro atoms. The summed E-state index contributed by atoms with van der Waals surface area (Å²) >= 11 is 0. The second-order valence-corrected chi connectivity index (χ2v) is 2.18. The molecule has 0 aromatic carbocycles. The van der Waals surface area contributed by atoms with Gasteiger partial charge in [0, 0.05) is 12.4 Å². The molecule has 0 aliphatic heterocycles. The zero-order valence-electron chi connectivity index (χ0n) is 6.07. The van der Waals surface area contributed by atoms with Gasteiger partial charge in [-0.05, 0) is 13.0 Å². The molecule has 60 valence electrons. The monoisotopic (exact) mass is 155 g/mol. The Morgan fingerprint density at radius 3 is 2.91 bits per heavy atom. The van der Waals surface area contributed by atoms with Crippen LogP contribution in [0.4, 0.5) is 4.39 Å². The Balaban J connectivity index is 2.61. The zero-order valence-corrected chi connectivity index (χ0v) is 6.07. The van der Waals surface area contributed by atoms with Gasteiger partial charge in [-0.2, -0.15) is 0 Å². The summed E-state index contributed by atoms with van der Waals surface area (Å²) in [5.41, 5.74) is 5.54. The quantitative estimate of drug-likeness (QED) is 0.703. The van der Waals surface area contributed by atoms with Crippen molar-refractivity contribution in [1.82, 2.24) is 9.97 Å². The van der Waals surface area contributed by atoms with Crippen molar-refractivity contribution in [2.24, 2.45) is 5.73 Å². The lowest BCUT2D eigenvalue weighted by Crippen LogP contribution is -2.04. The number of nitrogens with two attached hydrogens (primary N) is 1. The molecule has 0 aliphatic carbocycles. The van der Waals surface area contributed by atoms with Crippen molar-refractivity contribution in [2.45, 2.75) is 12.6 Å². The molecule has 1 unspecified atom stereocenters. The van der Waals surface area contributed by atoms with Crippen LogP contribution in [0.1, 0.15) is 18.3 Å². The van der Waals surface area contributed by atoms with Crippen molar-refractivity contribution in [3.8, 4) is 0 Å². The predicted octanol–water partition coefficient (Wildman–Crippen LogP) is 0.836. The zero-order chi connectivity index (χ0) is 8.10. The van der Waals surface area contributed by atoms with Crippen molar-refractivity contribution in [1.29, 1.82) is 0 Å². The lowest BCUT2D eigenvalue weighted by molar-refractivity contribution is 0.319. The average Bonchev–Trinajstić information content (AvgIpc) is 2.07. The molecule has 0 saturated heterocycles. The van der Waals surface area contributed by atoms with Crippen molar-refractivity contribution in [2.75, 3.05) is 6.54 Å². The summed E-state index contributed by atoms with van der Waals surface area (Å²) in [6, 6.07) is 0. The van der Waals surface area contributed by atoms with Crippen LogP contribution in [0.15, 0.2) is 18.6 Å². The summed E-state index contributed by atoms with van der Waals surface area (Å²) in [6.07, 6.45) is 3.63. The molecule has 11 heavy (non-hydrogen) atoms. The van der Waals surface area contributed by atoms with Crippen LogP contribution in [0.2, 0.25) is 0 Å². The third-order valence-electron chi connectivity index (χ3n) is 1.32. The van der Waals surface area contributed by atoms with E-state index < -0.39 is 6.17 Å². The minimum atomic E-state index is -1.08. The third kappa shape index (κ3) is 2.23. The van der Waals surface area contributed by atoms with Gasteiger partial charge in [0.1, 0.15) is 6.17 Å². The summed E-state index contributed by atoms with van der Waals surface area (Å²) in [6.45, 7) is 0.331. The minimum absolute atomic E-state index is 0.304. The topological polar surface area (TPSA) is 51.8 Å². The molecular formula is C7H10FN3. The molecule has 3 nitrogen and oxygen atoms in total. The number of aromatic nitrogens is 2. The van der Waals surface area contributed by atoms with Gasteiger partial charge in [0.2, 0.25) is 0 Å². The van der Waals surface area contributed by atoms with Crippen LogP contribution in [0, 0.1) is 0 Å². The first-order valence-corrected chi connectivity index (χ1v) is 3.44. The van der Waals surface area contributed by atoms with Crippen LogP contribution in [-0.4, -0.2) is 16.5 Å². The molecule has 0 saturated carbocycles. The van der Waals surface area contributed by atoms with Gasteiger partial charge in [0.25, 0.3) is 0 Å². The molecule has 2 N–H and O–H groups in total. The highest BCUT2D eigenvalue weighted by molar-refractivity contribution is 4.98. The van der Waals surface area contributed by atoms with E-state index in [1.54, 1.807) is 0 Å². The summed E-state index contributed by atoms with van der Waals surface area (Å²) in [4.78, 5) is 7.55. The van der Waals surface area contributed by atoms with Crippen LogP contribution in [0.25, 0.3) is 0 Å². The van der Waals surface area contributed by atoms with Crippen LogP contribution in [0.5, 0.6) is 0 Å². The maximum absolute atomic E-state index is 13.0. The highest BCUT2D eigenvalue weighted by Crippen LogP contribution is 2.15. The van der Waals surface area contributed by atoms with Crippen molar-refractivity contribution in [3.05, 3.63) is 24.3 Å². The fraction of sp³-hybridized carbons (Fsp3) is 0.429. The van der Waals surface area contributed by atoms with E-state index in [1.165, 1.54) is 18.6 Å². The molecule has 0 aliphatic rings. The van der Waals surface area contributed by atoms with Crippen LogP contribution < -0.4 is 5.73 Å². The Morgan fingerprint density at radius 2 is 2.36 bits per heavy atom. The molecule has 0 amide bonds. The minimum Gasteiger partial charge on any atom is -0.330 e. The maximum Gasteiger partial charge on any atom is 0.145 e. The van der Waals surface area contributed by atoms with Crippen molar-refractivity contribution >= 4 is 0 Å². The molecule has 0 fully saturated rings. The number of nitrogens with zero attached hydrogens (tertiary/aromatic N) is 2. The Morgan fingerprint density at radius 1 is 1.55 bits per heavy atom. The Hall–Kier alpha value is -1.03. The second-order valence-electron chi connectivity index (χ2n) is 2.18. The number of halogens is 1. The Kier molecular flexibility index (Phi) is 2.92. The van der Waals surface area contributed by atoms with Crippen molar-refractivity contribution < 1.29 is 4.39 Å². The van der Waals surface area contributed by atoms with Gasteiger partial charge in [-0.15, -0.1) is 0 Å². The molecule has 1 rings (SSSR count). The van der Waals surface area contributed by atoms with Gasteiger partial charge in [-0.1, -0.05) is 0 Å². The van der Waals surface area contributed by atoms with E-state index in [0.29, 0.717) is 18.7 Å². The van der Waals surface area contributed by atoms with Gasteiger partial charge >= 0.3 is 0 Å². The number of hydrogen-bond donors (Lipinski definition) is 1. The fourth-order valence-electron chi connectivity index (χ4n) is 0.767. The molecule has 1 atom stereocenters. The largest absolute Gasteiger partial charge is 0.330 e. The van der Waals surface area contributed by atoms with E-state index >= 15 is 0 Å². The Bertz CT molecular complexity index is 202. The van der Waals surface area contributed by atoms with E-state index in [1.807, 2.05) is 0 Å². The van der Waals surface area contributed by atoms with Gasteiger partial charge in [0.15, 0.2) is 0 Å². The molecular weight excluding hydrogens is 145 g/mol.